The van der Waals surface area contributed by atoms with Crippen LogP contribution in [0.25, 0.3) is 0 Å². The van der Waals surface area contributed by atoms with Crippen molar-refractivity contribution in [1.82, 2.24) is 0 Å². The first kappa shape index (κ1) is 33.3. The Morgan fingerprint density at radius 2 is 1.10 bits per heavy atom. The minimum Gasteiger partial charge on any atom is -0.394 e. The Morgan fingerprint density at radius 1 is 0.724 bits per heavy atom. The number of nitrogens with two attached hydrogens (primary N) is 2. The highest BCUT2D eigenvalue weighted by atomic mass is 32.3. The molecule has 0 amide bonds. The topological polar surface area (TPSA) is 186 Å². The second kappa shape index (κ2) is 23.9. The third-order valence-electron chi connectivity index (χ3n) is 3.87. The SMILES string of the molecule is CCCCCCCCCCCCOS(=O)(=O)OCO.CN.NC(CO)(CO)CO. The van der Waals surface area contributed by atoms with E-state index in [1.807, 2.05) is 0 Å². The van der Waals surface area contributed by atoms with Gasteiger partial charge < -0.3 is 31.9 Å². The van der Waals surface area contributed by atoms with Crippen molar-refractivity contribution < 1.29 is 37.2 Å². The van der Waals surface area contributed by atoms with Crippen LogP contribution in [0, 0.1) is 0 Å². The lowest BCUT2D eigenvalue weighted by atomic mass is 10.1. The Bertz CT molecular complexity index is 398. The summed E-state index contributed by atoms with van der Waals surface area (Å²) in [5.41, 5.74) is 8.44. The lowest BCUT2D eigenvalue weighted by molar-refractivity contribution is 0.0697. The summed E-state index contributed by atoms with van der Waals surface area (Å²) in [4.78, 5) is 0. The zero-order chi connectivity index (χ0) is 23.0. The average molecular weight is 449 g/mol. The Balaban J connectivity index is -0.000000564. The summed E-state index contributed by atoms with van der Waals surface area (Å²) < 4.78 is 30.3. The molecule has 0 radical (unpaired) electrons. The number of rotatable bonds is 17. The van der Waals surface area contributed by atoms with Gasteiger partial charge in [0, 0.05) is 0 Å². The monoisotopic (exact) mass is 448 g/mol. The highest BCUT2D eigenvalue weighted by Crippen LogP contribution is 2.10. The van der Waals surface area contributed by atoms with Crippen LogP contribution in [-0.2, 0) is 18.8 Å². The van der Waals surface area contributed by atoms with E-state index in [0.717, 1.165) is 12.8 Å². The van der Waals surface area contributed by atoms with Crippen LogP contribution in [0.5, 0.6) is 0 Å². The van der Waals surface area contributed by atoms with E-state index < -0.39 is 42.6 Å². The molecular formula is C18H44N2O8S. The molecule has 0 aliphatic rings. The van der Waals surface area contributed by atoms with E-state index in [0.29, 0.717) is 6.42 Å². The van der Waals surface area contributed by atoms with E-state index in [1.165, 1.54) is 52.0 Å². The van der Waals surface area contributed by atoms with Crippen molar-refractivity contribution in [1.29, 1.82) is 0 Å². The maximum absolute atomic E-state index is 10.9. The van der Waals surface area contributed by atoms with Crippen LogP contribution in [0.2, 0.25) is 0 Å². The van der Waals surface area contributed by atoms with Gasteiger partial charge in [-0.1, -0.05) is 64.7 Å². The maximum atomic E-state index is 10.9. The third kappa shape index (κ3) is 25.6. The first-order chi connectivity index (χ1) is 13.8. The zero-order valence-electron chi connectivity index (χ0n) is 18.1. The Hall–Kier alpha value is -0.370. The predicted molar refractivity (Wildman–Crippen MR) is 113 cm³/mol. The summed E-state index contributed by atoms with van der Waals surface area (Å²) in [7, 11) is -2.49. The molecule has 0 saturated heterocycles. The number of aliphatic hydroxyl groups is 4. The number of aliphatic hydroxyl groups excluding tert-OH is 4. The van der Waals surface area contributed by atoms with Gasteiger partial charge in [-0.05, 0) is 13.5 Å². The molecule has 0 aromatic rings. The van der Waals surface area contributed by atoms with E-state index >= 15 is 0 Å². The van der Waals surface area contributed by atoms with Gasteiger partial charge in [0.1, 0.15) is 0 Å². The second-order valence-electron chi connectivity index (χ2n) is 6.50. The largest absolute Gasteiger partial charge is 0.402 e. The van der Waals surface area contributed by atoms with Crippen LogP contribution < -0.4 is 11.5 Å². The van der Waals surface area contributed by atoms with Gasteiger partial charge in [-0.2, -0.15) is 8.42 Å². The normalized spacial score (nSPS) is 11.3. The van der Waals surface area contributed by atoms with Gasteiger partial charge in [0.05, 0.1) is 32.0 Å². The van der Waals surface area contributed by atoms with Crippen molar-refractivity contribution in [2.45, 2.75) is 76.7 Å². The summed E-state index contributed by atoms with van der Waals surface area (Å²) >= 11 is 0. The molecule has 29 heavy (non-hydrogen) atoms. The average Bonchev–Trinajstić information content (AvgIpc) is 2.73. The molecule has 0 saturated carbocycles. The summed E-state index contributed by atoms with van der Waals surface area (Å²) in [6.45, 7) is 0.257. The van der Waals surface area contributed by atoms with Gasteiger partial charge in [-0.3, -0.25) is 0 Å². The molecule has 0 aliphatic heterocycles. The highest BCUT2D eigenvalue weighted by molar-refractivity contribution is 7.81. The molecule has 0 aliphatic carbocycles. The van der Waals surface area contributed by atoms with Crippen molar-refractivity contribution in [3.8, 4) is 0 Å². The molecule has 0 fully saturated rings. The molecule has 0 spiro atoms. The molecule has 0 bridgehead atoms. The molecule has 0 unspecified atom stereocenters. The summed E-state index contributed by atoms with van der Waals surface area (Å²) in [5, 5.41) is 33.3. The molecule has 0 heterocycles. The molecule has 0 aromatic heterocycles. The minimum absolute atomic E-state index is 0.124. The fourth-order valence-corrected chi connectivity index (χ4v) is 2.52. The van der Waals surface area contributed by atoms with E-state index in [4.69, 9.17) is 26.2 Å². The predicted octanol–water partition coefficient (Wildman–Crippen LogP) is 0.371. The van der Waals surface area contributed by atoms with Crippen molar-refractivity contribution in [3.05, 3.63) is 0 Å². The van der Waals surface area contributed by atoms with Gasteiger partial charge in [-0.15, -0.1) is 0 Å². The molecule has 11 heteroatoms. The number of unbranched alkanes of at least 4 members (excludes halogenated alkanes) is 9. The first-order valence-electron chi connectivity index (χ1n) is 10.1. The number of hydrogen-bond acceptors (Lipinski definition) is 10. The molecule has 10 nitrogen and oxygen atoms in total. The number of hydrogen-bond donors (Lipinski definition) is 6. The summed E-state index contributed by atoms with van der Waals surface area (Å²) in [6.07, 6.45) is 11.8. The van der Waals surface area contributed by atoms with Gasteiger partial charge in [0.2, 0.25) is 0 Å². The van der Waals surface area contributed by atoms with E-state index in [-0.39, 0.29) is 6.61 Å². The fourth-order valence-electron chi connectivity index (χ4n) is 2.00. The van der Waals surface area contributed by atoms with Crippen molar-refractivity contribution in [2.24, 2.45) is 11.5 Å². The Kier molecular flexibility index (Phi) is 27.4. The van der Waals surface area contributed by atoms with Crippen molar-refractivity contribution in [3.63, 3.8) is 0 Å². The Labute approximate surface area is 176 Å². The summed E-state index contributed by atoms with van der Waals surface area (Å²) in [6, 6.07) is 0. The molecule has 0 atom stereocenters. The van der Waals surface area contributed by atoms with Crippen molar-refractivity contribution >= 4 is 10.4 Å². The van der Waals surface area contributed by atoms with E-state index in [1.54, 1.807) is 0 Å². The molecule has 8 N–H and O–H groups in total. The highest BCUT2D eigenvalue weighted by Gasteiger charge is 2.20. The standard InChI is InChI=1S/C13H28O5S.C4H11NO3.CH5N/c1-2-3-4-5-6-7-8-9-10-11-12-17-19(15,16)18-13-14;5-4(1-6,2-7)3-8;1-2/h14H,2-13H2,1H3;6-8H,1-3,5H2;2H2,1H3. The molecular weight excluding hydrogens is 404 g/mol. The summed E-state index contributed by atoms with van der Waals surface area (Å²) in [5.74, 6) is 0. The van der Waals surface area contributed by atoms with Gasteiger partial charge in [0.25, 0.3) is 0 Å². The minimum atomic E-state index is -3.99. The fraction of sp³-hybridized carbons (Fsp3) is 1.00. The van der Waals surface area contributed by atoms with Crippen LogP contribution in [0.4, 0.5) is 0 Å². The smallest absolute Gasteiger partial charge is 0.394 e. The van der Waals surface area contributed by atoms with Crippen LogP contribution in [-0.4, -0.2) is 74.7 Å². The third-order valence-corrected chi connectivity index (χ3v) is 4.72. The molecule has 0 aromatic carbocycles. The molecule has 180 valence electrons. The van der Waals surface area contributed by atoms with Gasteiger partial charge in [-0.25, -0.2) is 8.37 Å². The quantitative estimate of drug-likeness (QED) is 0.134. The first-order valence-corrected chi connectivity index (χ1v) is 11.5. The molecule has 0 rings (SSSR count). The van der Waals surface area contributed by atoms with Crippen LogP contribution in [0.1, 0.15) is 71.1 Å². The van der Waals surface area contributed by atoms with Crippen LogP contribution >= 0.6 is 0 Å². The van der Waals surface area contributed by atoms with Gasteiger partial charge >= 0.3 is 10.4 Å². The van der Waals surface area contributed by atoms with E-state index in [9.17, 15) is 8.42 Å². The lowest BCUT2D eigenvalue weighted by Crippen LogP contribution is -2.50. The van der Waals surface area contributed by atoms with Crippen molar-refractivity contribution in [2.75, 3.05) is 40.3 Å². The lowest BCUT2D eigenvalue weighted by Gasteiger charge is -2.20. The van der Waals surface area contributed by atoms with Crippen LogP contribution in [0.15, 0.2) is 0 Å². The maximum Gasteiger partial charge on any atom is 0.402 e. The zero-order valence-corrected chi connectivity index (χ0v) is 18.9. The van der Waals surface area contributed by atoms with E-state index in [2.05, 4.69) is 21.0 Å². The van der Waals surface area contributed by atoms with Crippen LogP contribution in [0.3, 0.4) is 0 Å². The second-order valence-corrected chi connectivity index (χ2v) is 7.78. The Morgan fingerprint density at radius 3 is 1.41 bits per heavy atom. The van der Waals surface area contributed by atoms with Gasteiger partial charge in [0.15, 0.2) is 6.79 Å².